The number of hydrogen-bond acceptors (Lipinski definition) is 0. The van der Waals surface area contributed by atoms with Gasteiger partial charge in [-0.1, -0.05) is 46.0 Å². The maximum atomic E-state index is 5.92. The predicted molar refractivity (Wildman–Crippen MR) is 49.8 cm³/mol. The van der Waals surface area contributed by atoms with Gasteiger partial charge in [-0.3, -0.25) is 0 Å². The van der Waals surface area contributed by atoms with Crippen molar-refractivity contribution >= 4 is 34.4 Å². The van der Waals surface area contributed by atoms with Crippen molar-refractivity contribution in [2.24, 2.45) is 0 Å². The third-order valence-corrected chi connectivity index (χ3v) is 4.11. The SMILES string of the molecule is [Cl][Mg][CH]1C=Cc2ccccc21. The molecule has 2 heteroatoms. The average molecular weight is 175 g/mol. The Balaban J connectivity index is 2.46. The first-order chi connectivity index (χ1) is 5.42. The van der Waals surface area contributed by atoms with Crippen LogP contribution in [0.2, 0.25) is 0 Å². The van der Waals surface area contributed by atoms with Gasteiger partial charge in [0.05, 0.1) is 0 Å². The zero-order valence-electron chi connectivity index (χ0n) is 6.13. The molecule has 0 saturated carbocycles. The number of halogens is 1. The fourth-order valence-corrected chi connectivity index (χ4v) is 3.04. The molecule has 0 saturated heterocycles. The molecule has 0 aliphatic heterocycles. The van der Waals surface area contributed by atoms with Crippen LogP contribution in [-0.4, -0.2) is 19.3 Å². The van der Waals surface area contributed by atoms with Crippen molar-refractivity contribution in [3.05, 3.63) is 41.5 Å². The van der Waals surface area contributed by atoms with E-state index in [1.807, 2.05) is 0 Å². The van der Waals surface area contributed by atoms with Gasteiger partial charge >= 0.3 is 19.3 Å². The van der Waals surface area contributed by atoms with Crippen LogP contribution >= 0.6 is 9.07 Å². The van der Waals surface area contributed by atoms with E-state index in [0.29, 0.717) is 4.05 Å². The number of fused-ring (bicyclic) bond motifs is 1. The van der Waals surface area contributed by atoms with Gasteiger partial charge in [0.15, 0.2) is 0 Å². The molecule has 1 aliphatic rings. The van der Waals surface area contributed by atoms with Gasteiger partial charge in [0.2, 0.25) is 0 Å². The van der Waals surface area contributed by atoms with Gasteiger partial charge in [-0.25, -0.2) is 0 Å². The standard InChI is InChI=1S/C9H7.ClH.Mg/c1-2-5-9-7-3-6-8(9)4-1;;/h1-7H;1H;/q;;+1/p-1. The second-order valence-electron chi connectivity index (χ2n) is 2.75. The lowest BCUT2D eigenvalue weighted by molar-refractivity contribution is 1.24. The van der Waals surface area contributed by atoms with E-state index in [1.54, 1.807) is 0 Å². The van der Waals surface area contributed by atoms with Crippen LogP contribution < -0.4 is 0 Å². The highest BCUT2D eigenvalue weighted by Crippen LogP contribution is 2.28. The molecule has 1 unspecified atom stereocenters. The Morgan fingerprint density at radius 1 is 1.27 bits per heavy atom. The van der Waals surface area contributed by atoms with Gasteiger partial charge in [-0.05, 0) is 5.56 Å². The van der Waals surface area contributed by atoms with E-state index in [2.05, 4.69) is 36.4 Å². The Hall–Kier alpha value is 0.0162. The van der Waals surface area contributed by atoms with E-state index < -0.39 is 19.3 Å². The zero-order chi connectivity index (χ0) is 7.68. The van der Waals surface area contributed by atoms with Gasteiger partial charge in [-0.15, -0.1) is 0 Å². The van der Waals surface area contributed by atoms with E-state index in [-0.39, 0.29) is 0 Å². The van der Waals surface area contributed by atoms with Gasteiger partial charge < -0.3 is 9.07 Å². The predicted octanol–water partition coefficient (Wildman–Crippen LogP) is 2.61. The first kappa shape index (κ1) is 7.65. The van der Waals surface area contributed by atoms with Crippen LogP contribution in [0.5, 0.6) is 0 Å². The molecule has 0 radical (unpaired) electrons. The summed E-state index contributed by atoms with van der Waals surface area (Å²) in [6.07, 6.45) is 4.40. The smallest absolute Gasteiger partial charge is 0.345 e. The summed E-state index contributed by atoms with van der Waals surface area (Å²) < 4.78 is 0.577. The fraction of sp³-hybridized carbons (Fsp3) is 0.111. The van der Waals surface area contributed by atoms with Crippen LogP contribution in [0.25, 0.3) is 6.08 Å². The molecule has 52 valence electrons. The van der Waals surface area contributed by atoms with Gasteiger partial charge in [-0.2, -0.15) is 0 Å². The third kappa shape index (κ3) is 1.33. The maximum Gasteiger partial charge on any atom is 0.512 e. The monoisotopic (exact) mass is 174 g/mol. The maximum absolute atomic E-state index is 5.92. The van der Waals surface area contributed by atoms with E-state index in [4.69, 9.17) is 9.07 Å². The van der Waals surface area contributed by atoms with E-state index in [0.717, 1.165) is 0 Å². The molecular formula is C9H7ClMg. The summed E-state index contributed by atoms with van der Waals surface area (Å²) in [7, 11) is 5.92. The lowest BCUT2D eigenvalue weighted by atomic mass is 10.1. The number of rotatable bonds is 1. The van der Waals surface area contributed by atoms with Crippen LogP contribution in [0, 0.1) is 0 Å². The summed E-state index contributed by atoms with van der Waals surface area (Å²) in [5.74, 6) is 0. The molecule has 1 aliphatic carbocycles. The Morgan fingerprint density at radius 2 is 2.09 bits per heavy atom. The Labute approximate surface area is 79.8 Å². The molecule has 1 aromatic carbocycles. The summed E-state index contributed by atoms with van der Waals surface area (Å²) in [5.41, 5.74) is 2.78. The quantitative estimate of drug-likeness (QED) is 0.575. The Morgan fingerprint density at radius 3 is 2.91 bits per heavy atom. The van der Waals surface area contributed by atoms with Crippen LogP contribution in [-0.2, 0) is 0 Å². The van der Waals surface area contributed by atoms with Gasteiger partial charge in [0.25, 0.3) is 0 Å². The minimum Gasteiger partial charge on any atom is -0.345 e. The topological polar surface area (TPSA) is 0 Å². The van der Waals surface area contributed by atoms with E-state index >= 15 is 0 Å². The zero-order valence-corrected chi connectivity index (χ0v) is 8.30. The van der Waals surface area contributed by atoms with Crippen molar-refractivity contribution in [3.63, 3.8) is 0 Å². The van der Waals surface area contributed by atoms with Crippen molar-refractivity contribution in [2.75, 3.05) is 0 Å². The van der Waals surface area contributed by atoms with Crippen molar-refractivity contribution in [1.82, 2.24) is 0 Å². The molecule has 0 bridgehead atoms. The highest BCUT2D eigenvalue weighted by atomic mass is 35.5. The largest absolute Gasteiger partial charge is 0.512 e. The fourth-order valence-electron chi connectivity index (χ4n) is 1.46. The number of allylic oxidation sites excluding steroid dienone is 1. The molecular weight excluding hydrogens is 168 g/mol. The van der Waals surface area contributed by atoms with Crippen LogP contribution in [0.4, 0.5) is 0 Å². The lowest BCUT2D eigenvalue weighted by Gasteiger charge is -2.04. The summed E-state index contributed by atoms with van der Waals surface area (Å²) in [4.78, 5) is 0. The summed E-state index contributed by atoms with van der Waals surface area (Å²) >= 11 is -0.433. The summed E-state index contributed by atoms with van der Waals surface area (Å²) in [6, 6.07) is 8.48. The highest BCUT2D eigenvalue weighted by molar-refractivity contribution is 6.94. The second-order valence-corrected chi connectivity index (χ2v) is 4.86. The van der Waals surface area contributed by atoms with E-state index in [1.165, 1.54) is 11.1 Å². The molecule has 0 spiro atoms. The first-order valence-electron chi connectivity index (χ1n) is 3.75. The van der Waals surface area contributed by atoms with Gasteiger partial charge in [0, 0.05) is 0 Å². The molecule has 0 nitrogen and oxygen atoms in total. The second kappa shape index (κ2) is 3.17. The molecule has 0 aromatic heterocycles. The minimum absolute atomic E-state index is 0.433. The highest BCUT2D eigenvalue weighted by Gasteiger charge is 2.16. The van der Waals surface area contributed by atoms with Crippen molar-refractivity contribution in [2.45, 2.75) is 4.05 Å². The average Bonchev–Trinajstić information content (AvgIpc) is 2.47. The lowest BCUT2D eigenvalue weighted by Crippen LogP contribution is -1.96. The number of hydrogen-bond donors (Lipinski definition) is 0. The Bertz CT molecular complexity index is 293. The first-order valence-corrected chi connectivity index (χ1v) is 6.70. The minimum atomic E-state index is -0.433. The molecule has 0 fully saturated rings. The van der Waals surface area contributed by atoms with Gasteiger partial charge in [0.1, 0.15) is 0 Å². The van der Waals surface area contributed by atoms with Crippen molar-refractivity contribution < 1.29 is 0 Å². The third-order valence-electron chi connectivity index (χ3n) is 2.07. The van der Waals surface area contributed by atoms with E-state index in [9.17, 15) is 0 Å². The normalized spacial score (nSPS) is 19.5. The van der Waals surface area contributed by atoms with Crippen molar-refractivity contribution in [3.8, 4) is 0 Å². The van der Waals surface area contributed by atoms with Crippen LogP contribution in [0.3, 0.4) is 0 Å². The Kier molecular flexibility index (Phi) is 2.21. The molecule has 1 atom stereocenters. The van der Waals surface area contributed by atoms with Crippen LogP contribution in [0.15, 0.2) is 30.3 Å². The molecule has 0 N–H and O–H groups in total. The molecule has 11 heavy (non-hydrogen) atoms. The number of benzene rings is 1. The molecule has 0 amide bonds. The van der Waals surface area contributed by atoms with Crippen molar-refractivity contribution in [1.29, 1.82) is 0 Å². The summed E-state index contributed by atoms with van der Waals surface area (Å²) in [5, 5.41) is 0. The summed E-state index contributed by atoms with van der Waals surface area (Å²) in [6.45, 7) is 0. The molecule has 2 rings (SSSR count). The molecule has 0 heterocycles. The molecule has 1 aromatic rings. The van der Waals surface area contributed by atoms with Crippen LogP contribution in [0.1, 0.15) is 15.2 Å².